The summed E-state index contributed by atoms with van der Waals surface area (Å²) in [5, 5.41) is 6.75. The van der Waals surface area contributed by atoms with Crippen molar-refractivity contribution in [2.75, 3.05) is 49.6 Å². The molecule has 4 rings (SSSR count). The third-order valence-electron chi connectivity index (χ3n) is 5.27. The van der Waals surface area contributed by atoms with E-state index in [1.807, 2.05) is 18.2 Å². The summed E-state index contributed by atoms with van der Waals surface area (Å²) in [6.07, 6.45) is 2.07. The molecule has 2 heterocycles. The minimum atomic E-state index is 0.564. The fourth-order valence-electron chi connectivity index (χ4n) is 3.76. The maximum absolute atomic E-state index is 5.79. The number of rotatable bonds is 5. The molecule has 6 heteroatoms. The quantitative estimate of drug-likeness (QED) is 0.597. The number of fused-ring (bicyclic) bond motifs is 1. The number of hydrogen-bond donors (Lipinski definition) is 2. The first kappa shape index (κ1) is 19.4. The fourth-order valence-corrected chi connectivity index (χ4v) is 3.76. The van der Waals surface area contributed by atoms with Gasteiger partial charge in [0.15, 0.2) is 17.5 Å². The molecule has 1 unspecified atom stereocenters. The summed E-state index contributed by atoms with van der Waals surface area (Å²) in [6.45, 7) is 7.24. The summed E-state index contributed by atoms with van der Waals surface area (Å²) in [4.78, 5) is 7.29. The zero-order chi connectivity index (χ0) is 19.9. The molecule has 29 heavy (non-hydrogen) atoms. The zero-order valence-electron chi connectivity index (χ0n) is 17.1. The molecule has 0 amide bonds. The number of aliphatic imine (C=N–C) groups is 1. The van der Waals surface area contributed by atoms with Crippen LogP contribution in [-0.2, 0) is 0 Å². The molecule has 2 aliphatic rings. The Bertz CT molecular complexity index is 825. The first-order valence-corrected chi connectivity index (χ1v) is 10.6. The van der Waals surface area contributed by atoms with Crippen LogP contribution in [0.15, 0.2) is 53.5 Å². The summed E-state index contributed by atoms with van der Waals surface area (Å²) in [7, 11) is 0. The second-order valence-electron chi connectivity index (χ2n) is 7.49. The van der Waals surface area contributed by atoms with E-state index in [-0.39, 0.29) is 0 Å². The number of ether oxygens (including phenoxy) is 2. The minimum absolute atomic E-state index is 0.564. The van der Waals surface area contributed by atoms with Crippen LogP contribution in [0.4, 0.5) is 11.4 Å². The van der Waals surface area contributed by atoms with E-state index in [0.717, 1.165) is 55.7 Å². The lowest BCUT2D eigenvalue weighted by Gasteiger charge is -2.18. The van der Waals surface area contributed by atoms with Crippen LogP contribution in [0.5, 0.6) is 11.5 Å². The van der Waals surface area contributed by atoms with Crippen LogP contribution >= 0.6 is 0 Å². The normalized spacial score (nSPS) is 19.0. The molecule has 0 bridgehead atoms. The largest absolute Gasteiger partial charge is 0.490 e. The van der Waals surface area contributed by atoms with Crippen LogP contribution in [0.1, 0.15) is 19.8 Å². The minimum Gasteiger partial charge on any atom is -0.490 e. The highest BCUT2D eigenvalue weighted by Gasteiger charge is 2.22. The zero-order valence-corrected chi connectivity index (χ0v) is 17.1. The van der Waals surface area contributed by atoms with E-state index in [0.29, 0.717) is 19.1 Å². The Labute approximate surface area is 172 Å². The molecule has 1 fully saturated rings. The third kappa shape index (κ3) is 5.13. The van der Waals surface area contributed by atoms with Crippen molar-refractivity contribution in [1.82, 2.24) is 5.32 Å². The van der Waals surface area contributed by atoms with Crippen molar-refractivity contribution in [2.45, 2.75) is 19.8 Å². The molecule has 6 nitrogen and oxygen atoms in total. The Morgan fingerprint density at radius 3 is 2.76 bits per heavy atom. The molecule has 2 aliphatic heterocycles. The topological polar surface area (TPSA) is 58.1 Å². The standard InChI is InChI=1S/C23H30N4O2/c1-2-24-23(26-19-9-10-21-22(15-19)29-14-6-13-28-21)25-16-18-11-12-27(17-18)20-7-4-3-5-8-20/h3-5,7-10,15,18H,2,6,11-14,16-17H2,1H3,(H2,24,25,26). The molecule has 154 valence electrons. The van der Waals surface area contributed by atoms with Crippen LogP contribution in [0.2, 0.25) is 0 Å². The molecule has 0 aromatic heterocycles. The van der Waals surface area contributed by atoms with E-state index in [9.17, 15) is 0 Å². The van der Waals surface area contributed by atoms with E-state index in [4.69, 9.17) is 14.5 Å². The van der Waals surface area contributed by atoms with E-state index >= 15 is 0 Å². The number of guanidine groups is 1. The molecular weight excluding hydrogens is 364 g/mol. The van der Waals surface area contributed by atoms with Gasteiger partial charge in [0.1, 0.15) is 0 Å². The predicted molar refractivity (Wildman–Crippen MR) is 118 cm³/mol. The van der Waals surface area contributed by atoms with Crippen molar-refractivity contribution in [3.8, 4) is 11.5 Å². The van der Waals surface area contributed by atoms with Crippen molar-refractivity contribution in [1.29, 1.82) is 0 Å². The van der Waals surface area contributed by atoms with Gasteiger partial charge in [-0.3, -0.25) is 4.99 Å². The Balaban J connectivity index is 1.38. The van der Waals surface area contributed by atoms with Crippen LogP contribution in [0, 0.1) is 5.92 Å². The molecule has 0 radical (unpaired) electrons. The monoisotopic (exact) mass is 394 g/mol. The highest BCUT2D eigenvalue weighted by atomic mass is 16.5. The first-order chi connectivity index (χ1) is 14.3. The second-order valence-corrected chi connectivity index (χ2v) is 7.49. The first-order valence-electron chi connectivity index (χ1n) is 10.6. The maximum atomic E-state index is 5.79. The van der Waals surface area contributed by atoms with Gasteiger partial charge in [0, 0.05) is 50.0 Å². The number of anilines is 2. The van der Waals surface area contributed by atoms with Gasteiger partial charge in [-0.25, -0.2) is 0 Å². The maximum Gasteiger partial charge on any atom is 0.195 e. The lowest BCUT2D eigenvalue weighted by Crippen LogP contribution is -2.31. The molecular formula is C23H30N4O2. The van der Waals surface area contributed by atoms with Crippen molar-refractivity contribution in [3.05, 3.63) is 48.5 Å². The number of hydrogen-bond acceptors (Lipinski definition) is 4. The SMILES string of the molecule is CCNC(=NCC1CCN(c2ccccc2)C1)Nc1ccc2c(c1)OCCCO2. The van der Waals surface area contributed by atoms with Gasteiger partial charge in [0.2, 0.25) is 0 Å². The Morgan fingerprint density at radius 1 is 1.10 bits per heavy atom. The summed E-state index contributed by atoms with van der Waals surface area (Å²) in [5.41, 5.74) is 2.25. The van der Waals surface area contributed by atoms with Gasteiger partial charge >= 0.3 is 0 Å². The molecule has 2 aromatic carbocycles. The molecule has 1 atom stereocenters. The van der Waals surface area contributed by atoms with E-state index < -0.39 is 0 Å². The average Bonchev–Trinajstić information content (AvgIpc) is 3.11. The molecule has 0 spiro atoms. The van der Waals surface area contributed by atoms with Gasteiger partial charge in [0.25, 0.3) is 0 Å². The fraction of sp³-hybridized carbons (Fsp3) is 0.435. The van der Waals surface area contributed by atoms with E-state index in [2.05, 4.69) is 52.8 Å². The van der Waals surface area contributed by atoms with E-state index in [1.165, 1.54) is 12.1 Å². The van der Waals surface area contributed by atoms with Gasteiger partial charge < -0.3 is 25.0 Å². The molecule has 2 aromatic rings. The van der Waals surface area contributed by atoms with Crippen LogP contribution in [0.3, 0.4) is 0 Å². The van der Waals surface area contributed by atoms with Gasteiger partial charge in [-0.2, -0.15) is 0 Å². The smallest absolute Gasteiger partial charge is 0.195 e. The third-order valence-corrected chi connectivity index (χ3v) is 5.27. The Hall–Kier alpha value is -2.89. The highest BCUT2D eigenvalue weighted by molar-refractivity contribution is 5.93. The van der Waals surface area contributed by atoms with Crippen molar-refractivity contribution in [2.24, 2.45) is 10.9 Å². The lowest BCUT2D eigenvalue weighted by molar-refractivity contribution is 0.297. The van der Waals surface area contributed by atoms with Crippen molar-refractivity contribution < 1.29 is 9.47 Å². The average molecular weight is 395 g/mol. The Morgan fingerprint density at radius 2 is 1.93 bits per heavy atom. The van der Waals surface area contributed by atoms with Crippen LogP contribution < -0.4 is 25.0 Å². The number of benzene rings is 2. The molecule has 0 aliphatic carbocycles. The number of nitrogens with zero attached hydrogens (tertiary/aromatic N) is 2. The van der Waals surface area contributed by atoms with Crippen molar-refractivity contribution in [3.63, 3.8) is 0 Å². The highest BCUT2D eigenvalue weighted by Crippen LogP contribution is 2.32. The summed E-state index contributed by atoms with van der Waals surface area (Å²) < 4.78 is 11.5. The summed E-state index contributed by atoms with van der Waals surface area (Å²) in [5.74, 6) is 2.97. The van der Waals surface area contributed by atoms with Crippen LogP contribution in [0.25, 0.3) is 0 Å². The van der Waals surface area contributed by atoms with E-state index in [1.54, 1.807) is 0 Å². The van der Waals surface area contributed by atoms with Gasteiger partial charge in [-0.1, -0.05) is 18.2 Å². The number of para-hydroxylation sites is 1. The summed E-state index contributed by atoms with van der Waals surface area (Å²) in [6, 6.07) is 16.6. The van der Waals surface area contributed by atoms with Crippen LogP contribution in [-0.4, -0.2) is 45.4 Å². The predicted octanol–water partition coefficient (Wildman–Crippen LogP) is 3.75. The number of nitrogens with one attached hydrogen (secondary N) is 2. The summed E-state index contributed by atoms with van der Waals surface area (Å²) >= 11 is 0. The second kappa shape index (κ2) is 9.54. The molecule has 2 N–H and O–H groups in total. The molecule has 0 saturated carbocycles. The van der Waals surface area contributed by atoms with Gasteiger partial charge in [-0.15, -0.1) is 0 Å². The van der Waals surface area contributed by atoms with Gasteiger partial charge in [0.05, 0.1) is 13.2 Å². The van der Waals surface area contributed by atoms with Gasteiger partial charge in [-0.05, 0) is 43.5 Å². The Kier molecular flexibility index (Phi) is 6.39. The lowest BCUT2D eigenvalue weighted by atomic mass is 10.1. The molecule has 1 saturated heterocycles. The van der Waals surface area contributed by atoms with Crippen molar-refractivity contribution >= 4 is 17.3 Å².